The summed E-state index contributed by atoms with van der Waals surface area (Å²) in [7, 11) is 0. The summed E-state index contributed by atoms with van der Waals surface area (Å²) in [6, 6.07) is 5.91. The molecule has 0 spiro atoms. The largest absolute Gasteiger partial charge is 0.351 e. The summed E-state index contributed by atoms with van der Waals surface area (Å²) in [6.07, 6.45) is 6.32. The summed E-state index contributed by atoms with van der Waals surface area (Å²) in [4.78, 5) is 12.5. The van der Waals surface area contributed by atoms with Gasteiger partial charge in [0.1, 0.15) is 0 Å². The highest BCUT2D eigenvalue weighted by Crippen LogP contribution is 2.42. The molecule has 2 rings (SSSR count). The summed E-state index contributed by atoms with van der Waals surface area (Å²) in [5.41, 5.74) is 2.17. The van der Waals surface area contributed by atoms with E-state index in [0.29, 0.717) is 11.3 Å². The first-order valence-corrected chi connectivity index (χ1v) is 8.75. The van der Waals surface area contributed by atoms with Crippen LogP contribution in [0.15, 0.2) is 22.7 Å². The number of amides is 1. The Morgan fingerprint density at radius 3 is 2.62 bits per heavy atom. The molecule has 1 N–H and O–H groups in total. The maximum atomic E-state index is 12.5. The zero-order valence-electron chi connectivity index (χ0n) is 13.3. The molecule has 0 heterocycles. The van der Waals surface area contributed by atoms with Crippen molar-refractivity contribution in [2.75, 3.05) is 6.54 Å². The fourth-order valence-corrected chi connectivity index (χ4v) is 4.05. The van der Waals surface area contributed by atoms with E-state index < -0.39 is 0 Å². The molecule has 0 atom stereocenters. The van der Waals surface area contributed by atoms with Crippen LogP contribution in [-0.2, 0) is 0 Å². The van der Waals surface area contributed by atoms with Crippen LogP contribution < -0.4 is 5.32 Å². The lowest BCUT2D eigenvalue weighted by molar-refractivity contribution is 0.0921. The number of hydrogen-bond donors (Lipinski definition) is 1. The lowest BCUT2D eigenvalue weighted by Crippen LogP contribution is -2.37. The van der Waals surface area contributed by atoms with Gasteiger partial charge >= 0.3 is 0 Å². The molecule has 1 saturated carbocycles. The Morgan fingerprint density at radius 1 is 1.33 bits per heavy atom. The SMILES string of the molecule is Cc1ccc(Br)c(C(=O)NCC2(CC(C)C)CCCC2)c1. The van der Waals surface area contributed by atoms with Gasteiger partial charge in [0.25, 0.3) is 5.91 Å². The fourth-order valence-electron chi connectivity index (χ4n) is 3.62. The summed E-state index contributed by atoms with van der Waals surface area (Å²) in [5.74, 6) is 0.728. The summed E-state index contributed by atoms with van der Waals surface area (Å²) < 4.78 is 0.870. The molecule has 3 heteroatoms. The topological polar surface area (TPSA) is 29.1 Å². The second kappa shape index (κ2) is 6.95. The number of aryl methyl sites for hydroxylation is 1. The van der Waals surface area contributed by atoms with Crippen LogP contribution in [0.2, 0.25) is 0 Å². The van der Waals surface area contributed by atoms with Gasteiger partial charge in [-0.1, -0.05) is 38.3 Å². The molecule has 0 unspecified atom stereocenters. The summed E-state index contributed by atoms with van der Waals surface area (Å²) in [6.45, 7) is 7.38. The van der Waals surface area contributed by atoms with Gasteiger partial charge in [0, 0.05) is 11.0 Å². The van der Waals surface area contributed by atoms with Gasteiger partial charge in [-0.3, -0.25) is 4.79 Å². The Labute approximate surface area is 136 Å². The van der Waals surface area contributed by atoms with E-state index in [1.807, 2.05) is 25.1 Å². The van der Waals surface area contributed by atoms with Crippen LogP contribution >= 0.6 is 15.9 Å². The van der Waals surface area contributed by atoms with Crippen molar-refractivity contribution in [1.82, 2.24) is 5.32 Å². The molecule has 0 radical (unpaired) electrons. The third-order valence-electron chi connectivity index (χ3n) is 4.50. The molecule has 1 aliphatic carbocycles. The molecule has 1 aromatic rings. The average Bonchev–Trinajstić information content (AvgIpc) is 2.87. The van der Waals surface area contributed by atoms with Gasteiger partial charge < -0.3 is 5.32 Å². The zero-order valence-corrected chi connectivity index (χ0v) is 14.9. The summed E-state index contributed by atoms with van der Waals surface area (Å²) >= 11 is 3.48. The highest BCUT2D eigenvalue weighted by atomic mass is 79.9. The van der Waals surface area contributed by atoms with Gasteiger partial charge in [-0.15, -0.1) is 0 Å². The van der Waals surface area contributed by atoms with Crippen LogP contribution in [0.4, 0.5) is 0 Å². The van der Waals surface area contributed by atoms with Crippen molar-refractivity contribution in [3.63, 3.8) is 0 Å². The quantitative estimate of drug-likeness (QED) is 0.785. The number of carbonyl (C=O) groups is 1. The second-order valence-electron chi connectivity index (χ2n) is 6.97. The monoisotopic (exact) mass is 351 g/mol. The van der Waals surface area contributed by atoms with Crippen molar-refractivity contribution in [2.45, 2.75) is 52.9 Å². The smallest absolute Gasteiger partial charge is 0.252 e. The minimum absolute atomic E-state index is 0.0422. The molecule has 0 bridgehead atoms. The van der Waals surface area contributed by atoms with Crippen molar-refractivity contribution in [2.24, 2.45) is 11.3 Å². The third kappa shape index (κ3) is 4.32. The molecule has 21 heavy (non-hydrogen) atoms. The normalized spacial score (nSPS) is 17.2. The van der Waals surface area contributed by atoms with Crippen molar-refractivity contribution in [3.8, 4) is 0 Å². The highest BCUT2D eigenvalue weighted by Gasteiger charge is 2.34. The molecular formula is C18H26BrNO. The van der Waals surface area contributed by atoms with Gasteiger partial charge in [0.05, 0.1) is 5.56 Å². The van der Waals surface area contributed by atoms with Crippen LogP contribution in [0.3, 0.4) is 0 Å². The van der Waals surface area contributed by atoms with Crippen LogP contribution in [0.5, 0.6) is 0 Å². The van der Waals surface area contributed by atoms with Crippen LogP contribution in [-0.4, -0.2) is 12.5 Å². The summed E-state index contributed by atoms with van der Waals surface area (Å²) in [5, 5.41) is 3.19. The van der Waals surface area contributed by atoms with E-state index >= 15 is 0 Å². The molecule has 1 amide bonds. The van der Waals surface area contributed by atoms with Gasteiger partial charge in [-0.2, -0.15) is 0 Å². The minimum atomic E-state index is 0.0422. The van der Waals surface area contributed by atoms with Gasteiger partial charge in [-0.05, 0) is 65.6 Å². The number of rotatable bonds is 5. The second-order valence-corrected chi connectivity index (χ2v) is 7.83. The first-order chi connectivity index (χ1) is 9.92. The van der Waals surface area contributed by atoms with Gasteiger partial charge in [-0.25, -0.2) is 0 Å². The molecule has 0 aromatic heterocycles. The van der Waals surface area contributed by atoms with Crippen molar-refractivity contribution < 1.29 is 4.79 Å². The van der Waals surface area contributed by atoms with E-state index in [1.54, 1.807) is 0 Å². The average molecular weight is 352 g/mol. The molecule has 1 aliphatic rings. The standard InChI is InChI=1S/C18H26BrNO/c1-13(2)11-18(8-4-5-9-18)12-20-17(21)15-10-14(3)6-7-16(15)19/h6-7,10,13H,4-5,8-9,11-12H2,1-3H3,(H,20,21). The van der Waals surface area contributed by atoms with E-state index in [2.05, 4.69) is 35.1 Å². The molecule has 2 nitrogen and oxygen atoms in total. The van der Waals surface area contributed by atoms with Crippen LogP contribution in [0.1, 0.15) is 61.9 Å². The number of hydrogen-bond acceptors (Lipinski definition) is 1. The van der Waals surface area contributed by atoms with Crippen molar-refractivity contribution in [1.29, 1.82) is 0 Å². The highest BCUT2D eigenvalue weighted by molar-refractivity contribution is 9.10. The first kappa shape index (κ1) is 16.5. The Kier molecular flexibility index (Phi) is 5.48. The number of halogens is 1. The third-order valence-corrected chi connectivity index (χ3v) is 5.19. The minimum Gasteiger partial charge on any atom is -0.351 e. The molecular weight excluding hydrogens is 326 g/mol. The molecule has 0 saturated heterocycles. The molecule has 1 aromatic carbocycles. The fraction of sp³-hybridized carbons (Fsp3) is 0.611. The Hall–Kier alpha value is -0.830. The Balaban J connectivity index is 2.03. The predicted molar refractivity (Wildman–Crippen MR) is 91.6 cm³/mol. The maximum absolute atomic E-state index is 12.5. The first-order valence-electron chi connectivity index (χ1n) is 7.96. The maximum Gasteiger partial charge on any atom is 0.252 e. The van der Waals surface area contributed by atoms with Crippen molar-refractivity contribution in [3.05, 3.63) is 33.8 Å². The lowest BCUT2D eigenvalue weighted by Gasteiger charge is -2.31. The predicted octanol–water partition coefficient (Wildman–Crippen LogP) is 5.09. The number of carbonyl (C=O) groups excluding carboxylic acids is 1. The Bertz CT molecular complexity index is 504. The number of nitrogens with one attached hydrogen (secondary N) is 1. The van der Waals surface area contributed by atoms with Gasteiger partial charge in [0.15, 0.2) is 0 Å². The zero-order chi connectivity index (χ0) is 15.5. The van der Waals surface area contributed by atoms with E-state index in [-0.39, 0.29) is 5.91 Å². The molecule has 116 valence electrons. The lowest BCUT2D eigenvalue weighted by atomic mass is 9.78. The van der Waals surface area contributed by atoms with Crippen molar-refractivity contribution >= 4 is 21.8 Å². The van der Waals surface area contributed by atoms with Gasteiger partial charge in [0.2, 0.25) is 0 Å². The van der Waals surface area contributed by atoms with E-state index in [0.717, 1.165) is 22.1 Å². The number of benzene rings is 1. The molecule has 0 aliphatic heterocycles. The molecule has 1 fully saturated rings. The Morgan fingerprint density at radius 2 is 2.00 bits per heavy atom. The van der Waals surface area contributed by atoms with Crippen LogP contribution in [0, 0.1) is 18.3 Å². The van der Waals surface area contributed by atoms with E-state index in [1.165, 1.54) is 32.1 Å². The van der Waals surface area contributed by atoms with E-state index in [4.69, 9.17) is 0 Å². The van der Waals surface area contributed by atoms with E-state index in [9.17, 15) is 4.79 Å². The van der Waals surface area contributed by atoms with Crippen LogP contribution in [0.25, 0.3) is 0 Å².